The van der Waals surface area contributed by atoms with Crippen LogP contribution in [-0.2, 0) is 11.2 Å². The molecule has 3 rings (SSSR count). The summed E-state index contributed by atoms with van der Waals surface area (Å²) < 4.78 is 0. The van der Waals surface area contributed by atoms with E-state index in [0.717, 1.165) is 12.0 Å². The van der Waals surface area contributed by atoms with Gasteiger partial charge in [-0.2, -0.15) is 0 Å². The first-order chi connectivity index (χ1) is 12.5. The average molecular weight is 408 g/mol. The highest BCUT2D eigenvalue weighted by molar-refractivity contribution is 7.99. The van der Waals surface area contributed by atoms with Gasteiger partial charge in [0.25, 0.3) is 0 Å². The van der Waals surface area contributed by atoms with E-state index < -0.39 is 0 Å². The number of rotatable bonds is 6. The monoisotopic (exact) mass is 407 g/mol. The summed E-state index contributed by atoms with van der Waals surface area (Å²) in [4.78, 5) is 20.4. The molecule has 0 bridgehead atoms. The van der Waals surface area contributed by atoms with E-state index in [0.29, 0.717) is 16.0 Å². The number of hydrogen-bond donors (Lipinski definition) is 2. The molecular formula is C17H15Cl2N5OS. The van der Waals surface area contributed by atoms with Crippen molar-refractivity contribution in [3.63, 3.8) is 0 Å². The predicted molar refractivity (Wildman–Crippen MR) is 105 cm³/mol. The van der Waals surface area contributed by atoms with Crippen molar-refractivity contribution >= 4 is 46.7 Å². The average Bonchev–Trinajstić information content (AvgIpc) is 3.11. The Hall–Kier alpha value is -2.09. The molecule has 0 saturated heterocycles. The molecule has 2 heterocycles. The number of aromatic nitrogens is 4. The second kappa shape index (κ2) is 8.53. The first-order valence-corrected chi connectivity index (χ1v) is 9.54. The number of thioether (sulfide) groups is 1. The molecule has 9 heteroatoms. The lowest BCUT2D eigenvalue weighted by atomic mass is 10.1. The molecule has 0 aliphatic heterocycles. The molecule has 2 N–H and O–H groups in total. The molecule has 3 aromatic rings. The Morgan fingerprint density at radius 3 is 2.73 bits per heavy atom. The maximum absolute atomic E-state index is 12.0. The molecule has 0 radical (unpaired) electrons. The van der Waals surface area contributed by atoms with Crippen molar-refractivity contribution < 1.29 is 4.79 Å². The van der Waals surface area contributed by atoms with E-state index >= 15 is 0 Å². The molecule has 0 atom stereocenters. The van der Waals surface area contributed by atoms with Crippen LogP contribution in [0.5, 0.6) is 0 Å². The highest BCUT2D eigenvalue weighted by Crippen LogP contribution is 2.23. The number of nitrogens with zero attached hydrogens (tertiary/aromatic N) is 3. The fourth-order valence-corrected chi connectivity index (χ4v) is 3.17. The molecule has 0 fully saturated rings. The fourth-order valence-electron chi connectivity index (χ4n) is 2.14. The zero-order valence-electron chi connectivity index (χ0n) is 13.8. The van der Waals surface area contributed by atoms with Crippen LogP contribution in [0, 0.1) is 0 Å². The number of carbonyl (C=O) groups excluding carboxylic acids is 1. The number of benzene rings is 1. The predicted octanol–water partition coefficient (Wildman–Crippen LogP) is 4.47. The van der Waals surface area contributed by atoms with Gasteiger partial charge in [-0.15, -0.1) is 5.10 Å². The van der Waals surface area contributed by atoms with Gasteiger partial charge in [0.15, 0.2) is 11.6 Å². The number of halogens is 2. The summed E-state index contributed by atoms with van der Waals surface area (Å²) in [6.45, 7) is 2.11. The SMILES string of the molecule is CCc1ccc(-c2nc(SCC(=O)Nc3ncc(Cl)cc3Cl)n[nH]2)cc1. The fraction of sp³-hybridized carbons (Fsp3) is 0.176. The molecular weight excluding hydrogens is 393 g/mol. The smallest absolute Gasteiger partial charge is 0.236 e. The maximum Gasteiger partial charge on any atom is 0.236 e. The van der Waals surface area contributed by atoms with Crippen LogP contribution in [0.4, 0.5) is 5.82 Å². The van der Waals surface area contributed by atoms with Crippen molar-refractivity contribution in [2.45, 2.75) is 18.5 Å². The van der Waals surface area contributed by atoms with E-state index in [1.165, 1.54) is 29.6 Å². The maximum atomic E-state index is 12.0. The molecule has 1 aromatic carbocycles. The van der Waals surface area contributed by atoms with Gasteiger partial charge in [0.05, 0.1) is 15.8 Å². The van der Waals surface area contributed by atoms with Gasteiger partial charge in [-0.25, -0.2) is 9.97 Å². The lowest BCUT2D eigenvalue weighted by molar-refractivity contribution is -0.113. The van der Waals surface area contributed by atoms with E-state index in [1.54, 1.807) is 0 Å². The second-order valence-corrected chi connectivity index (χ2v) is 7.12. The summed E-state index contributed by atoms with van der Waals surface area (Å²) in [7, 11) is 0. The lowest BCUT2D eigenvalue weighted by Gasteiger charge is -2.05. The van der Waals surface area contributed by atoms with Crippen LogP contribution in [0.2, 0.25) is 10.0 Å². The van der Waals surface area contributed by atoms with Gasteiger partial charge < -0.3 is 5.32 Å². The van der Waals surface area contributed by atoms with Crippen LogP contribution in [0.1, 0.15) is 12.5 Å². The molecule has 0 spiro atoms. The topological polar surface area (TPSA) is 83.6 Å². The molecule has 6 nitrogen and oxygen atoms in total. The van der Waals surface area contributed by atoms with E-state index in [1.807, 2.05) is 12.1 Å². The molecule has 1 amide bonds. The Kier molecular flexibility index (Phi) is 6.13. The number of nitrogens with one attached hydrogen (secondary N) is 2. The number of amides is 1. The number of pyridine rings is 1. The van der Waals surface area contributed by atoms with Crippen molar-refractivity contribution in [2.24, 2.45) is 0 Å². The Bertz CT molecular complexity index is 914. The van der Waals surface area contributed by atoms with E-state index in [9.17, 15) is 4.79 Å². The zero-order valence-corrected chi connectivity index (χ0v) is 16.1. The minimum Gasteiger partial charge on any atom is -0.309 e. The number of aryl methyl sites for hydroxylation is 1. The molecule has 0 aliphatic rings. The minimum atomic E-state index is -0.259. The van der Waals surface area contributed by atoms with Gasteiger partial charge in [-0.1, -0.05) is 66.2 Å². The minimum absolute atomic E-state index is 0.132. The van der Waals surface area contributed by atoms with Crippen molar-refractivity contribution in [1.82, 2.24) is 20.2 Å². The quantitative estimate of drug-likeness (QED) is 0.588. The molecule has 2 aromatic heterocycles. The summed E-state index contributed by atoms with van der Waals surface area (Å²) in [5.41, 5.74) is 2.21. The number of hydrogen-bond acceptors (Lipinski definition) is 5. The Morgan fingerprint density at radius 2 is 2.04 bits per heavy atom. The number of carbonyl (C=O) groups is 1. The zero-order chi connectivity index (χ0) is 18.5. The van der Waals surface area contributed by atoms with Gasteiger partial charge in [0.2, 0.25) is 11.1 Å². The summed E-state index contributed by atoms with van der Waals surface area (Å²) in [6, 6.07) is 9.62. The van der Waals surface area contributed by atoms with Crippen LogP contribution in [0.25, 0.3) is 11.4 Å². The van der Waals surface area contributed by atoms with E-state index in [4.69, 9.17) is 23.2 Å². The van der Waals surface area contributed by atoms with Crippen molar-refractivity contribution in [1.29, 1.82) is 0 Å². The van der Waals surface area contributed by atoms with Gasteiger partial charge in [0, 0.05) is 11.8 Å². The largest absolute Gasteiger partial charge is 0.309 e. The molecule has 134 valence electrons. The van der Waals surface area contributed by atoms with Crippen LogP contribution in [0.15, 0.2) is 41.7 Å². The first-order valence-electron chi connectivity index (χ1n) is 7.80. The Morgan fingerprint density at radius 1 is 1.27 bits per heavy atom. The summed E-state index contributed by atoms with van der Waals surface area (Å²) in [5.74, 6) is 0.809. The van der Waals surface area contributed by atoms with Crippen molar-refractivity contribution in [2.75, 3.05) is 11.1 Å². The summed E-state index contributed by atoms with van der Waals surface area (Å²) in [6.07, 6.45) is 2.40. The molecule has 0 saturated carbocycles. The van der Waals surface area contributed by atoms with Gasteiger partial charge >= 0.3 is 0 Å². The standard InChI is InChI=1S/C17H15Cl2N5OS/c1-2-10-3-5-11(6-4-10)15-22-17(24-23-15)26-9-14(25)21-16-13(19)7-12(18)8-20-16/h3-8H,2,9H2,1H3,(H,20,21,25)(H,22,23,24). The first kappa shape index (κ1) is 18.7. The number of H-pyrrole nitrogens is 1. The van der Waals surface area contributed by atoms with E-state index in [-0.39, 0.29) is 22.5 Å². The third-order valence-electron chi connectivity index (χ3n) is 3.50. The van der Waals surface area contributed by atoms with Crippen molar-refractivity contribution in [3.8, 4) is 11.4 Å². The van der Waals surface area contributed by atoms with Crippen molar-refractivity contribution in [3.05, 3.63) is 52.1 Å². The number of anilines is 1. The van der Waals surface area contributed by atoms with Crippen LogP contribution in [-0.4, -0.2) is 31.8 Å². The summed E-state index contributed by atoms with van der Waals surface area (Å²) in [5, 5.41) is 10.8. The third kappa shape index (κ3) is 4.75. The highest BCUT2D eigenvalue weighted by atomic mass is 35.5. The molecule has 0 aliphatic carbocycles. The van der Waals surface area contributed by atoms with E-state index in [2.05, 4.69) is 44.5 Å². The van der Waals surface area contributed by atoms with Crippen LogP contribution < -0.4 is 5.32 Å². The van der Waals surface area contributed by atoms with Crippen LogP contribution >= 0.6 is 35.0 Å². The molecule has 26 heavy (non-hydrogen) atoms. The van der Waals surface area contributed by atoms with Crippen LogP contribution in [0.3, 0.4) is 0 Å². The third-order valence-corrected chi connectivity index (χ3v) is 4.84. The molecule has 0 unspecified atom stereocenters. The Balaban J connectivity index is 1.58. The highest BCUT2D eigenvalue weighted by Gasteiger charge is 2.11. The second-order valence-electron chi connectivity index (χ2n) is 5.34. The lowest BCUT2D eigenvalue weighted by Crippen LogP contribution is -2.15. The normalized spacial score (nSPS) is 10.7. The summed E-state index contributed by atoms with van der Waals surface area (Å²) >= 11 is 13.0. The van der Waals surface area contributed by atoms with Gasteiger partial charge in [-0.3, -0.25) is 9.89 Å². The van der Waals surface area contributed by atoms with Gasteiger partial charge in [0.1, 0.15) is 0 Å². The Labute approximate surface area is 164 Å². The van der Waals surface area contributed by atoms with Gasteiger partial charge in [-0.05, 0) is 18.1 Å². The number of aromatic amines is 1.